The van der Waals surface area contributed by atoms with Crippen LogP contribution >= 0.6 is 24.0 Å². The van der Waals surface area contributed by atoms with E-state index < -0.39 is 11.7 Å². The predicted octanol–water partition coefficient (Wildman–Crippen LogP) is 3.64. The molecule has 3 rings (SSSR count). The highest BCUT2D eigenvalue weighted by molar-refractivity contribution is 6.31. The Kier molecular flexibility index (Phi) is 3.33. The summed E-state index contributed by atoms with van der Waals surface area (Å²) < 4.78 is 38.3. The predicted molar refractivity (Wildman–Crippen MR) is 66.4 cm³/mol. The fraction of sp³-hybridized carbons (Fsp3) is 0.500. The minimum atomic E-state index is -4.37. The van der Waals surface area contributed by atoms with Crippen LogP contribution in [0.2, 0.25) is 5.02 Å². The summed E-state index contributed by atoms with van der Waals surface area (Å²) in [4.78, 5) is 0. The number of fused-ring (bicyclic) bond motifs is 1. The molecule has 1 N–H and O–H groups in total. The van der Waals surface area contributed by atoms with Crippen molar-refractivity contribution in [3.8, 4) is 0 Å². The van der Waals surface area contributed by atoms with E-state index in [9.17, 15) is 13.2 Å². The maximum absolute atomic E-state index is 12.8. The topological polar surface area (TPSA) is 12.0 Å². The second-order valence-electron chi connectivity index (χ2n) is 4.88. The number of nitrogens with one attached hydrogen (secondary N) is 1. The van der Waals surface area contributed by atoms with Crippen molar-refractivity contribution in [2.45, 2.75) is 18.0 Å². The highest BCUT2D eigenvalue weighted by Crippen LogP contribution is 2.57. The molecular formula is C12H12Cl2F3N. The fourth-order valence-corrected chi connectivity index (χ4v) is 3.07. The number of alkyl halides is 3. The summed E-state index contributed by atoms with van der Waals surface area (Å²) >= 11 is 5.61. The summed E-state index contributed by atoms with van der Waals surface area (Å²) in [5.74, 6) is 0.491. The molecule has 0 spiro atoms. The van der Waals surface area contributed by atoms with Gasteiger partial charge in [0.05, 0.1) is 10.6 Å². The van der Waals surface area contributed by atoms with Crippen molar-refractivity contribution < 1.29 is 13.2 Å². The van der Waals surface area contributed by atoms with Gasteiger partial charge in [-0.05, 0) is 36.6 Å². The number of benzene rings is 1. The summed E-state index contributed by atoms with van der Waals surface area (Å²) in [7, 11) is 0. The van der Waals surface area contributed by atoms with Crippen LogP contribution in [-0.2, 0) is 11.6 Å². The van der Waals surface area contributed by atoms with E-state index in [-0.39, 0.29) is 22.8 Å². The van der Waals surface area contributed by atoms with Gasteiger partial charge in [-0.25, -0.2) is 0 Å². The van der Waals surface area contributed by atoms with Gasteiger partial charge in [0.15, 0.2) is 0 Å². The lowest BCUT2D eigenvalue weighted by atomic mass is 9.93. The highest BCUT2D eigenvalue weighted by atomic mass is 35.5. The van der Waals surface area contributed by atoms with Gasteiger partial charge in [-0.15, -0.1) is 12.4 Å². The molecule has 0 aromatic heterocycles. The zero-order valence-electron chi connectivity index (χ0n) is 9.35. The first-order valence-corrected chi connectivity index (χ1v) is 5.89. The monoisotopic (exact) mass is 297 g/mol. The second kappa shape index (κ2) is 4.29. The van der Waals surface area contributed by atoms with Crippen LogP contribution in [0.25, 0.3) is 0 Å². The molecule has 1 saturated carbocycles. The smallest absolute Gasteiger partial charge is 0.316 e. The van der Waals surface area contributed by atoms with Crippen molar-refractivity contribution in [1.29, 1.82) is 0 Å². The fourth-order valence-electron chi connectivity index (χ4n) is 2.84. The van der Waals surface area contributed by atoms with Crippen molar-refractivity contribution in [2.75, 3.05) is 13.1 Å². The highest BCUT2D eigenvalue weighted by Gasteiger charge is 2.58. The largest absolute Gasteiger partial charge is 0.417 e. The molecule has 0 bridgehead atoms. The van der Waals surface area contributed by atoms with Crippen molar-refractivity contribution in [1.82, 2.24) is 5.32 Å². The van der Waals surface area contributed by atoms with Crippen LogP contribution in [0, 0.1) is 5.92 Å². The number of piperidine rings is 1. The van der Waals surface area contributed by atoms with Gasteiger partial charge >= 0.3 is 6.18 Å². The molecule has 6 heteroatoms. The van der Waals surface area contributed by atoms with Crippen molar-refractivity contribution in [3.63, 3.8) is 0 Å². The molecule has 0 amide bonds. The lowest BCUT2D eigenvalue weighted by Crippen LogP contribution is -2.20. The Morgan fingerprint density at radius 3 is 2.56 bits per heavy atom. The maximum Gasteiger partial charge on any atom is 0.417 e. The standard InChI is InChI=1S/C12H11ClF3N.ClH/c13-10-2-1-7(3-9(10)12(14,15)16)11-4-8(11)5-17-6-11;/h1-3,8,17H,4-6H2;1H/t8-,11+;/m1./s1. The first kappa shape index (κ1) is 14.0. The van der Waals surface area contributed by atoms with E-state index in [0.717, 1.165) is 25.1 Å². The molecule has 2 atom stereocenters. The Balaban J connectivity index is 0.00000120. The maximum atomic E-state index is 12.8. The minimum absolute atomic E-state index is 0. The van der Waals surface area contributed by atoms with Gasteiger partial charge in [0.1, 0.15) is 0 Å². The van der Waals surface area contributed by atoms with E-state index in [4.69, 9.17) is 11.6 Å². The number of hydrogen-bond donors (Lipinski definition) is 1. The molecule has 1 nitrogen and oxygen atoms in total. The van der Waals surface area contributed by atoms with Gasteiger partial charge in [-0.1, -0.05) is 17.7 Å². The quantitative estimate of drug-likeness (QED) is 0.834. The van der Waals surface area contributed by atoms with Crippen LogP contribution in [0.3, 0.4) is 0 Å². The average Bonchev–Trinajstić information content (AvgIpc) is 2.80. The van der Waals surface area contributed by atoms with Gasteiger partial charge < -0.3 is 5.32 Å². The third-order valence-corrected chi connectivity index (χ3v) is 4.24. The van der Waals surface area contributed by atoms with E-state index in [1.54, 1.807) is 6.07 Å². The Hall–Kier alpha value is -0.450. The summed E-state index contributed by atoms with van der Waals surface area (Å²) in [6.45, 7) is 1.68. The van der Waals surface area contributed by atoms with E-state index in [1.165, 1.54) is 12.1 Å². The zero-order chi connectivity index (χ0) is 12.3. The molecule has 0 unspecified atom stereocenters. The Morgan fingerprint density at radius 2 is 2.06 bits per heavy atom. The number of hydrogen-bond acceptors (Lipinski definition) is 1. The van der Waals surface area contributed by atoms with Crippen LogP contribution in [0.4, 0.5) is 13.2 Å². The summed E-state index contributed by atoms with van der Waals surface area (Å²) in [6.07, 6.45) is -3.39. The minimum Gasteiger partial charge on any atom is -0.316 e. The Labute approximate surface area is 114 Å². The summed E-state index contributed by atoms with van der Waals surface area (Å²) in [5, 5.41) is 3.00. The molecule has 1 aliphatic carbocycles. The number of halogens is 5. The third kappa shape index (κ3) is 2.00. The zero-order valence-corrected chi connectivity index (χ0v) is 10.9. The van der Waals surface area contributed by atoms with Crippen LogP contribution < -0.4 is 5.32 Å². The van der Waals surface area contributed by atoms with Crippen LogP contribution in [0.5, 0.6) is 0 Å². The molecule has 1 heterocycles. The lowest BCUT2D eigenvalue weighted by Gasteiger charge is -2.16. The van der Waals surface area contributed by atoms with Gasteiger partial charge in [0.25, 0.3) is 0 Å². The van der Waals surface area contributed by atoms with Gasteiger partial charge in [0.2, 0.25) is 0 Å². The van der Waals surface area contributed by atoms with Crippen molar-refractivity contribution in [3.05, 3.63) is 34.3 Å². The van der Waals surface area contributed by atoms with Crippen LogP contribution in [0.1, 0.15) is 17.5 Å². The van der Waals surface area contributed by atoms with Crippen molar-refractivity contribution in [2.24, 2.45) is 5.92 Å². The van der Waals surface area contributed by atoms with Crippen molar-refractivity contribution >= 4 is 24.0 Å². The molecule has 100 valence electrons. The molecular weight excluding hydrogens is 286 g/mol. The van der Waals surface area contributed by atoms with Gasteiger partial charge in [-0.2, -0.15) is 13.2 Å². The summed E-state index contributed by atoms with van der Waals surface area (Å²) in [6, 6.07) is 4.31. The molecule has 2 fully saturated rings. The Bertz CT molecular complexity index is 475. The Morgan fingerprint density at radius 1 is 1.33 bits per heavy atom. The second-order valence-corrected chi connectivity index (χ2v) is 5.29. The van der Waals surface area contributed by atoms with Crippen LogP contribution in [0.15, 0.2) is 18.2 Å². The van der Waals surface area contributed by atoms with Gasteiger partial charge in [-0.3, -0.25) is 0 Å². The van der Waals surface area contributed by atoms with Crippen LogP contribution in [-0.4, -0.2) is 13.1 Å². The summed E-state index contributed by atoms with van der Waals surface area (Å²) in [5.41, 5.74) is -0.0160. The van der Waals surface area contributed by atoms with Gasteiger partial charge in [0, 0.05) is 12.0 Å². The van der Waals surface area contributed by atoms with E-state index in [0.29, 0.717) is 5.92 Å². The molecule has 1 saturated heterocycles. The first-order chi connectivity index (χ1) is 7.93. The molecule has 1 aromatic rings. The molecule has 2 aliphatic rings. The SMILES string of the molecule is Cl.FC(F)(F)c1cc([C@]23CNC[C@H]2C3)ccc1Cl. The molecule has 0 radical (unpaired) electrons. The third-order valence-electron chi connectivity index (χ3n) is 3.91. The average molecular weight is 298 g/mol. The lowest BCUT2D eigenvalue weighted by molar-refractivity contribution is -0.137. The molecule has 18 heavy (non-hydrogen) atoms. The molecule has 1 aromatic carbocycles. The molecule has 1 aliphatic heterocycles. The van der Waals surface area contributed by atoms with E-state index in [1.807, 2.05) is 0 Å². The normalized spacial score (nSPS) is 29.7. The van der Waals surface area contributed by atoms with E-state index in [2.05, 4.69) is 5.32 Å². The van der Waals surface area contributed by atoms with E-state index >= 15 is 0 Å². The number of rotatable bonds is 1. The first-order valence-electron chi connectivity index (χ1n) is 5.51.